The molecule has 1 atom stereocenters. The van der Waals surface area contributed by atoms with Crippen molar-refractivity contribution in [3.8, 4) is 5.75 Å². The number of benzene rings is 1. The number of carbonyl (C=O) groups is 1. The smallest absolute Gasteiger partial charge is 0.260 e. The third-order valence-corrected chi connectivity index (χ3v) is 3.05. The molecule has 1 aromatic rings. The molecule has 0 aliphatic carbocycles. The van der Waals surface area contributed by atoms with Gasteiger partial charge in [-0.25, -0.2) is 0 Å². The van der Waals surface area contributed by atoms with E-state index in [1.54, 1.807) is 6.92 Å². The molecule has 1 amide bonds. The lowest BCUT2D eigenvalue weighted by Gasteiger charge is -2.14. The minimum atomic E-state index is -0.471. The van der Waals surface area contributed by atoms with Crippen LogP contribution in [0.5, 0.6) is 5.75 Å². The molecule has 1 aromatic carbocycles. The van der Waals surface area contributed by atoms with Crippen LogP contribution in [0.2, 0.25) is 0 Å². The van der Waals surface area contributed by atoms with E-state index in [4.69, 9.17) is 4.74 Å². The maximum atomic E-state index is 11.7. The first kappa shape index (κ1) is 15.0. The fourth-order valence-electron chi connectivity index (χ4n) is 1.53. The first-order valence-corrected chi connectivity index (χ1v) is 7.12. The van der Waals surface area contributed by atoms with Gasteiger partial charge in [0, 0.05) is 11.0 Å². The lowest BCUT2D eigenvalue weighted by Crippen LogP contribution is -2.36. The molecule has 0 saturated heterocycles. The summed E-state index contributed by atoms with van der Waals surface area (Å²) in [4.78, 5) is 11.7. The van der Waals surface area contributed by atoms with Gasteiger partial charge in [0.25, 0.3) is 5.91 Å². The Balaban J connectivity index is 2.35. The van der Waals surface area contributed by atoms with Gasteiger partial charge in [-0.15, -0.1) is 0 Å². The molecule has 0 aliphatic rings. The largest absolute Gasteiger partial charge is 0.481 e. The highest BCUT2D eigenvalue weighted by Gasteiger charge is 2.13. The van der Waals surface area contributed by atoms with Gasteiger partial charge in [-0.1, -0.05) is 41.8 Å². The second-order valence-electron chi connectivity index (χ2n) is 4.22. The standard InChI is InChI=1S/C14H20BrNO2/c1-3-4-5-9-16-14(17)11(2)18-13-8-6-7-12(15)10-13/h6-8,10-11H,3-5,9H2,1-2H3,(H,16,17). The number of carbonyl (C=O) groups excluding carboxylic acids is 1. The number of halogens is 1. The minimum absolute atomic E-state index is 0.0638. The van der Waals surface area contributed by atoms with Crippen LogP contribution in [0, 0.1) is 0 Å². The van der Waals surface area contributed by atoms with Crippen LogP contribution in [-0.2, 0) is 4.79 Å². The summed E-state index contributed by atoms with van der Waals surface area (Å²) in [5, 5.41) is 2.88. The predicted molar refractivity (Wildman–Crippen MR) is 76.8 cm³/mol. The Labute approximate surface area is 117 Å². The molecule has 18 heavy (non-hydrogen) atoms. The second-order valence-corrected chi connectivity index (χ2v) is 5.13. The summed E-state index contributed by atoms with van der Waals surface area (Å²) < 4.78 is 6.51. The summed E-state index contributed by atoms with van der Waals surface area (Å²) >= 11 is 3.37. The summed E-state index contributed by atoms with van der Waals surface area (Å²) in [7, 11) is 0. The van der Waals surface area contributed by atoms with Crippen LogP contribution in [0.25, 0.3) is 0 Å². The Kier molecular flexibility index (Phi) is 6.80. The van der Waals surface area contributed by atoms with Crippen LogP contribution < -0.4 is 10.1 Å². The molecule has 0 heterocycles. The molecule has 0 spiro atoms. The molecule has 3 nitrogen and oxygen atoms in total. The zero-order valence-electron chi connectivity index (χ0n) is 10.9. The van der Waals surface area contributed by atoms with Crippen molar-refractivity contribution in [3.05, 3.63) is 28.7 Å². The molecule has 0 radical (unpaired) electrons. The Morgan fingerprint density at radius 1 is 1.44 bits per heavy atom. The molecule has 0 fully saturated rings. The first-order chi connectivity index (χ1) is 8.63. The van der Waals surface area contributed by atoms with Gasteiger partial charge in [0.1, 0.15) is 5.75 Å². The van der Waals surface area contributed by atoms with Crippen molar-refractivity contribution in [2.24, 2.45) is 0 Å². The van der Waals surface area contributed by atoms with E-state index < -0.39 is 6.10 Å². The Morgan fingerprint density at radius 2 is 2.22 bits per heavy atom. The summed E-state index contributed by atoms with van der Waals surface area (Å²) in [5.41, 5.74) is 0. The average molecular weight is 314 g/mol. The van der Waals surface area contributed by atoms with Gasteiger partial charge in [-0.05, 0) is 31.5 Å². The van der Waals surface area contributed by atoms with Gasteiger partial charge < -0.3 is 10.1 Å². The molecule has 1 unspecified atom stereocenters. The van der Waals surface area contributed by atoms with Crippen LogP contribution >= 0.6 is 15.9 Å². The maximum absolute atomic E-state index is 11.7. The highest BCUT2D eigenvalue weighted by atomic mass is 79.9. The third kappa shape index (κ3) is 5.54. The molecule has 0 saturated carbocycles. The maximum Gasteiger partial charge on any atom is 0.260 e. The molecule has 1 N–H and O–H groups in total. The topological polar surface area (TPSA) is 38.3 Å². The van der Waals surface area contributed by atoms with Gasteiger partial charge in [0.15, 0.2) is 6.10 Å². The van der Waals surface area contributed by atoms with Crippen LogP contribution in [0.3, 0.4) is 0 Å². The van der Waals surface area contributed by atoms with E-state index in [9.17, 15) is 4.79 Å². The Hall–Kier alpha value is -1.03. The Bertz CT molecular complexity index is 382. The van der Waals surface area contributed by atoms with Gasteiger partial charge >= 0.3 is 0 Å². The summed E-state index contributed by atoms with van der Waals surface area (Å²) in [6.07, 6.45) is 2.84. The number of rotatable bonds is 7. The molecule has 1 rings (SSSR count). The number of unbranched alkanes of at least 4 members (excludes halogenated alkanes) is 2. The first-order valence-electron chi connectivity index (χ1n) is 6.33. The van der Waals surface area contributed by atoms with E-state index in [0.717, 1.165) is 30.3 Å². The normalized spacial score (nSPS) is 11.9. The zero-order chi connectivity index (χ0) is 13.4. The third-order valence-electron chi connectivity index (χ3n) is 2.56. The van der Waals surface area contributed by atoms with Gasteiger partial charge in [-0.2, -0.15) is 0 Å². The van der Waals surface area contributed by atoms with E-state index in [1.165, 1.54) is 0 Å². The summed E-state index contributed by atoms with van der Waals surface area (Å²) in [5.74, 6) is 0.631. The fraction of sp³-hybridized carbons (Fsp3) is 0.500. The zero-order valence-corrected chi connectivity index (χ0v) is 12.5. The molecule has 0 bridgehead atoms. The molecular weight excluding hydrogens is 294 g/mol. The lowest BCUT2D eigenvalue weighted by molar-refractivity contribution is -0.127. The number of amides is 1. The Morgan fingerprint density at radius 3 is 2.89 bits per heavy atom. The lowest BCUT2D eigenvalue weighted by atomic mass is 10.2. The quantitative estimate of drug-likeness (QED) is 0.782. The highest BCUT2D eigenvalue weighted by Crippen LogP contribution is 2.18. The van der Waals surface area contributed by atoms with Crippen molar-refractivity contribution >= 4 is 21.8 Å². The van der Waals surface area contributed by atoms with Crippen LogP contribution in [-0.4, -0.2) is 18.6 Å². The molecular formula is C14H20BrNO2. The molecule has 4 heteroatoms. The van der Waals surface area contributed by atoms with E-state index >= 15 is 0 Å². The van der Waals surface area contributed by atoms with Crippen LogP contribution in [0.1, 0.15) is 33.1 Å². The van der Waals surface area contributed by atoms with Crippen LogP contribution in [0.15, 0.2) is 28.7 Å². The SMILES string of the molecule is CCCCCNC(=O)C(C)Oc1cccc(Br)c1. The van der Waals surface area contributed by atoms with Crippen LogP contribution in [0.4, 0.5) is 0 Å². The van der Waals surface area contributed by atoms with Gasteiger partial charge in [0.05, 0.1) is 0 Å². The average Bonchev–Trinajstić information content (AvgIpc) is 2.34. The van der Waals surface area contributed by atoms with Crippen molar-refractivity contribution in [1.82, 2.24) is 5.32 Å². The van der Waals surface area contributed by atoms with E-state index in [1.807, 2.05) is 24.3 Å². The van der Waals surface area contributed by atoms with Crippen molar-refractivity contribution in [2.75, 3.05) is 6.54 Å². The monoisotopic (exact) mass is 313 g/mol. The second kappa shape index (κ2) is 8.14. The summed E-state index contributed by atoms with van der Waals surface area (Å²) in [6, 6.07) is 7.49. The van der Waals surface area contributed by atoms with Gasteiger partial charge in [-0.3, -0.25) is 4.79 Å². The molecule has 0 aromatic heterocycles. The highest BCUT2D eigenvalue weighted by molar-refractivity contribution is 9.10. The minimum Gasteiger partial charge on any atom is -0.481 e. The van der Waals surface area contributed by atoms with Gasteiger partial charge in [0.2, 0.25) is 0 Å². The predicted octanol–water partition coefficient (Wildman–Crippen LogP) is 3.52. The number of hydrogen-bond donors (Lipinski definition) is 1. The molecule has 0 aliphatic heterocycles. The number of ether oxygens (including phenoxy) is 1. The van der Waals surface area contributed by atoms with Crippen molar-refractivity contribution < 1.29 is 9.53 Å². The number of nitrogens with one attached hydrogen (secondary N) is 1. The van der Waals surface area contributed by atoms with Crippen molar-refractivity contribution in [3.63, 3.8) is 0 Å². The number of hydrogen-bond acceptors (Lipinski definition) is 2. The van der Waals surface area contributed by atoms with E-state index in [0.29, 0.717) is 5.75 Å². The van der Waals surface area contributed by atoms with E-state index in [2.05, 4.69) is 28.2 Å². The summed E-state index contributed by atoms with van der Waals surface area (Å²) in [6.45, 7) is 4.62. The fourth-order valence-corrected chi connectivity index (χ4v) is 1.91. The van der Waals surface area contributed by atoms with E-state index in [-0.39, 0.29) is 5.91 Å². The molecule has 100 valence electrons. The van der Waals surface area contributed by atoms with Crippen molar-refractivity contribution in [2.45, 2.75) is 39.2 Å². The van der Waals surface area contributed by atoms with Crippen molar-refractivity contribution in [1.29, 1.82) is 0 Å².